The molecule has 0 unspecified atom stereocenters. The molecule has 3 rings (SSSR count). The van der Waals surface area contributed by atoms with E-state index in [1.807, 2.05) is 49.4 Å². The first-order valence-electron chi connectivity index (χ1n) is 10.5. The maximum absolute atomic E-state index is 12.5. The van der Waals surface area contributed by atoms with Crippen molar-refractivity contribution in [3.63, 3.8) is 0 Å². The summed E-state index contributed by atoms with van der Waals surface area (Å²) in [4.78, 5) is 24.4. The molecule has 0 aliphatic carbocycles. The minimum Gasteiger partial charge on any atom is -0.492 e. The van der Waals surface area contributed by atoms with E-state index < -0.39 is 11.8 Å². The van der Waals surface area contributed by atoms with Crippen LogP contribution in [0.4, 0.5) is 0 Å². The van der Waals surface area contributed by atoms with Gasteiger partial charge >= 0.3 is 0 Å². The molecule has 9 heteroatoms. The molecule has 3 aromatic rings. The lowest BCUT2D eigenvalue weighted by molar-refractivity contribution is -0.123. The van der Waals surface area contributed by atoms with Crippen molar-refractivity contribution in [3.8, 4) is 11.5 Å². The average Bonchev–Trinajstić information content (AvgIpc) is 2.84. The number of thiocarbonyl (C=S) groups is 1. The van der Waals surface area contributed by atoms with Crippen LogP contribution in [0.15, 0.2) is 77.3 Å². The molecule has 0 atom stereocenters. The number of hydrogen-bond donors (Lipinski definition) is 3. The number of hydrogen-bond acceptors (Lipinski definition) is 5. The Labute approximate surface area is 211 Å². The monoisotopic (exact) mass is 541 g/mol. The summed E-state index contributed by atoms with van der Waals surface area (Å²) in [6.07, 6.45) is 0.775. The first-order chi connectivity index (χ1) is 16.4. The summed E-state index contributed by atoms with van der Waals surface area (Å²) in [5, 5.41) is 2.46. The van der Waals surface area contributed by atoms with Gasteiger partial charge in [-0.2, -0.15) is 0 Å². The fraction of sp³-hybridized carbons (Fsp3) is 0.160. The van der Waals surface area contributed by atoms with Crippen molar-refractivity contribution in [2.75, 3.05) is 13.2 Å². The van der Waals surface area contributed by atoms with Crippen LogP contribution >= 0.6 is 28.1 Å². The number of amides is 2. The van der Waals surface area contributed by atoms with Crippen molar-refractivity contribution in [3.05, 3.63) is 94.0 Å². The van der Waals surface area contributed by atoms with E-state index in [1.54, 1.807) is 30.3 Å². The molecule has 0 aliphatic rings. The Balaban J connectivity index is 1.40. The van der Waals surface area contributed by atoms with Gasteiger partial charge in [0, 0.05) is 12.0 Å². The van der Waals surface area contributed by atoms with Crippen LogP contribution in [0.25, 0.3) is 0 Å². The van der Waals surface area contributed by atoms with Gasteiger partial charge in [0.25, 0.3) is 11.8 Å². The topological polar surface area (TPSA) is 88.7 Å². The molecule has 7 nitrogen and oxygen atoms in total. The average molecular weight is 542 g/mol. The zero-order chi connectivity index (χ0) is 24.3. The molecule has 0 aliphatic heterocycles. The van der Waals surface area contributed by atoms with E-state index in [9.17, 15) is 9.59 Å². The van der Waals surface area contributed by atoms with Crippen molar-refractivity contribution in [1.82, 2.24) is 16.2 Å². The Kier molecular flexibility index (Phi) is 9.42. The van der Waals surface area contributed by atoms with Crippen LogP contribution in [0.2, 0.25) is 0 Å². The molecule has 3 N–H and O–H groups in total. The molecule has 0 radical (unpaired) electrons. The highest BCUT2D eigenvalue weighted by molar-refractivity contribution is 9.10. The molecule has 0 fully saturated rings. The van der Waals surface area contributed by atoms with Crippen molar-refractivity contribution < 1.29 is 19.1 Å². The summed E-state index contributed by atoms with van der Waals surface area (Å²) in [6.45, 7) is 2.27. The maximum Gasteiger partial charge on any atom is 0.276 e. The summed E-state index contributed by atoms with van der Waals surface area (Å²) in [5.41, 5.74) is 7.51. The lowest BCUT2D eigenvalue weighted by atomic mass is 10.2. The van der Waals surface area contributed by atoms with E-state index in [0.29, 0.717) is 28.1 Å². The van der Waals surface area contributed by atoms with Gasteiger partial charge in [0.15, 0.2) is 11.7 Å². The molecule has 176 valence electrons. The van der Waals surface area contributed by atoms with Crippen LogP contribution in [0.3, 0.4) is 0 Å². The quantitative estimate of drug-likeness (QED) is 0.294. The van der Waals surface area contributed by atoms with E-state index in [2.05, 4.69) is 32.1 Å². The smallest absolute Gasteiger partial charge is 0.276 e. The van der Waals surface area contributed by atoms with Crippen molar-refractivity contribution in [2.24, 2.45) is 0 Å². The lowest BCUT2D eigenvalue weighted by Gasteiger charge is -2.12. The van der Waals surface area contributed by atoms with E-state index >= 15 is 0 Å². The SMILES string of the molecule is Cc1ccc(OCC(=O)NNC(=S)NC(=O)c2ccc(OCCc3ccccc3)c(Br)c2)cc1. The number of carbonyl (C=O) groups is 2. The summed E-state index contributed by atoms with van der Waals surface area (Å²) in [5.74, 6) is 0.333. The fourth-order valence-corrected chi connectivity index (χ4v) is 3.47. The highest BCUT2D eigenvalue weighted by Crippen LogP contribution is 2.26. The number of rotatable bonds is 8. The molecule has 3 aromatic carbocycles. The van der Waals surface area contributed by atoms with E-state index in [1.165, 1.54) is 5.56 Å². The number of ether oxygens (including phenoxy) is 2. The van der Waals surface area contributed by atoms with Gasteiger partial charge in [-0.25, -0.2) is 0 Å². The Morgan fingerprint density at radius 1 is 0.941 bits per heavy atom. The molecule has 0 saturated carbocycles. The summed E-state index contributed by atoms with van der Waals surface area (Å²) >= 11 is 8.50. The number of carbonyl (C=O) groups excluding carboxylic acids is 2. The number of benzene rings is 3. The van der Waals surface area contributed by atoms with Crippen LogP contribution in [-0.4, -0.2) is 30.1 Å². The highest BCUT2D eigenvalue weighted by atomic mass is 79.9. The molecule has 0 bridgehead atoms. The first kappa shape index (κ1) is 25.2. The van der Waals surface area contributed by atoms with Crippen molar-refractivity contribution >= 4 is 45.1 Å². The largest absolute Gasteiger partial charge is 0.492 e. The molecule has 34 heavy (non-hydrogen) atoms. The second-order valence-corrected chi connectivity index (χ2v) is 8.55. The third kappa shape index (κ3) is 8.17. The van der Waals surface area contributed by atoms with Gasteiger partial charge in [0.1, 0.15) is 11.5 Å². The van der Waals surface area contributed by atoms with Crippen molar-refractivity contribution in [1.29, 1.82) is 0 Å². The lowest BCUT2D eigenvalue weighted by Crippen LogP contribution is -2.49. The van der Waals surface area contributed by atoms with Crippen LogP contribution in [0.1, 0.15) is 21.5 Å². The van der Waals surface area contributed by atoms with Gasteiger partial charge < -0.3 is 9.47 Å². The van der Waals surface area contributed by atoms with Gasteiger partial charge in [-0.3, -0.25) is 25.8 Å². The normalized spacial score (nSPS) is 10.2. The third-order valence-corrected chi connectivity index (χ3v) is 5.44. The van der Waals surface area contributed by atoms with Gasteiger partial charge in [-0.05, 0) is 71.0 Å². The summed E-state index contributed by atoms with van der Waals surface area (Å²) < 4.78 is 11.8. The maximum atomic E-state index is 12.5. The molecule has 0 aromatic heterocycles. The second kappa shape index (κ2) is 12.7. The van der Waals surface area contributed by atoms with Gasteiger partial charge in [0.05, 0.1) is 11.1 Å². The number of halogens is 1. The standard InChI is InChI=1S/C25H24BrN3O4S/c1-17-7-10-20(11-8-17)33-16-23(30)28-29-25(34)27-24(31)19-9-12-22(21(26)15-19)32-14-13-18-5-3-2-4-6-18/h2-12,15H,13-14,16H2,1H3,(H,28,30)(H2,27,29,31,34). The van der Waals surface area contributed by atoms with Gasteiger partial charge in [-0.15, -0.1) is 0 Å². The van der Waals surface area contributed by atoms with E-state index in [0.717, 1.165) is 12.0 Å². The molecule has 0 spiro atoms. The molecule has 0 heterocycles. The van der Waals surface area contributed by atoms with Crippen LogP contribution in [0.5, 0.6) is 11.5 Å². The minimum absolute atomic E-state index is 0.0482. The number of nitrogens with one attached hydrogen (secondary N) is 3. The molecule has 0 saturated heterocycles. The minimum atomic E-state index is -0.447. The highest BCUT2D eigenvalue weighted by Gasteiger charge is 2.12. The third-order valence-electron chi connectivity index (χ3n) is 4.62. The Morgan fingerprint density at radius 2 is 1.68 bits per heavy atom. The molecule has 2 amide bonds. The van der Waals surface area contributed by atoms with Gasteiger partial charge in [0.2, 0.25) is 0 Å². The predicted molar refractivity (Wildman–Crippen MR) is 138 cm³/mol. The Hall–Kier alpha value is -3.43. The van der Waals surface area contributed by atoms with E-state index in [4.69, 9.17) is 21.7 Å². The zero-order valence-corrected chi connectivity index (χ0v) is 20.9. The van der Waals surface area contributed by atoms with Crippen molar-refractivity contribution in [2.45, 2.75) is 13.3 Å². The molecular formula is C25H24BrN3O4S. The van der Waals surface area contributed by atoms with Crippen LogP contribution < -0.4 is 25.6 Å². The fourth-order valence-electron chi connectivity index (χ4n) is 2.84. The first-order valence-corrected chi connectivity index (χ1v) is 11.7. The van der Waals surface area contributed by atoms with E-state index in [-0.39, 0.29) is 11.7 Å². The second-order valence-electron chi connectivity index (χ2n) is 7.29. The zero-order valence-electron chi connectivity index (χ0n) is 18.5. The Morgan fingerprint density at radius 3 is 2.38 bits per heavy atom. The predicted octanol–water partition coefficient (Wildman–Crippen LogP) is 4.09. The summed E-state index contributed by atoms with van der Waals surface area (Å²) in [7, 11) is 0. The van der Waals surface area contributed by atoms with Crippen LogP contribution in [0, 0.1) is 6.92 Å². The van der Waals surface area contributed by atoms with Gasteiger partial charge in [-0.1, -0.05) is 48.0 Å². The molecular weight excluding hydrogens is 518 g/mol. The summed E-state index contributed by atoms with van der Waals surface area (Å²) in [6, 6.07) is 22.4. The number of hydrazine groups is 1. The Bertz CT molecular complexity index is 1140. The van der Waals surface area contributed by atoms with Crippen LogP contribution in [-0.2, 0) is 11.2 Å². The number of aryl methyl sites for hydroxylation is 1.